The van der Waals surface area contributed by atoms with Gasteiger partial charge in [-0.05, 0) is 29.3 Å². The molecule has 1 atom stereocenters. The first-order valence-electron chi connectivity index (χ1n) is 9.86. The van der Waals surface area contributed by atoms with Crippen molar-refractivity contribution in [1.29, 1.82) is 0 Å². The summed E-state index contributed by atoms with van der Waals surface area (Å²) in [5.74, 6) is 0.431. The lowest BCUT2D eigenvalue weighted by atomic mass is 9.93. The number of para-hydroxylation sites is 1. The van der Waals surface area contributed by atoms with Crippen molar-refractivity contribution in [2.75, 3.05) is 39.5 Å². The Morgan fingerprint density at radius 2 is 1.90 bits per heavy atom. The first kappa shape index (κ1) is 20.8. The molecule has 0 saturated carbocycles. The highest BCUT2D eigenvalue weighted by Gasteiger charge is 2.33. The van der Waals surface area contributed by atoms with E-state index in [2.05, 4.69) is 9.89 Å². The number of fused-ring (bicyclic) bond motifs is 1. The Morgan fingerprint density at radius 3 is 2.67 bits per heavy atom. The number of hydrogen-bond donors (Lipinski definition) is 1. The van der Waals surface area contributed by atoms with Gasteiger partial charge in [-0.15, -0.1) is 0 Å². The Kier molecular flexibility index (Phi) is 6.08. The number of aliphatic hydroxyl groups excluding tert-OH is 1. The molecular weight excluding hydrogens is 397 g/mol. The van der Waals surface area contributed by atoms with Gasteiger partial charge >= 0.3 is 6.18 Å². The van der Waals surface area contributed by atoms with Gasteiger partial charge in [0.15, 0.2) is 0 Å². The number of nitrogens with zero attached hydrogens (tertiary/aromatic N) is 2. The number of alkyl halides is 3. The Balaban J connectivity index is 1.56. The van der Waals surface area contributed by atoms with Crippen LogP contribution in [-0.2, 0) is 17.5 Å². The summed E-state index contributed by atoms with van der Waals surface area (Å²) in [7, 11) is 0. The smallest absolute Gasteiger partial charge is 0.416 e. The molecule has 0 aromatic heterocycles. The molecule has 1 unspecified atom stereocenters. The second-order valence-corrected chi connectivity index (χ2v) is 7.44. The van der Waals surface area contributed by atoms with Crippen LogP contribution < -0.4 is 4.74 Å². The highest BCUT2D eigenvalue weighted by atomic mass is 19.4. The van der Waals surface area contributed by atoms with Crippen LogP contribution in [0.5, 0.6) is 5.75 Å². The minimum absolute atomic E-state index is 0.0452. The van der Waals surface area contributed by atoms with Gasteiger partial charge in [0.2, 0.25) is 0 Å². The van der Waals surface area contributed by atoms with Crippen LogP contribution in [0.3, 0.4) is 0 Å². The van der Waals surface area contributed by atoms with Crippen LogP contribution in [0.2, 0.25) is 0 Å². The van der Waals surface area contributed by atoms with Crippen LogP contribution in [0, 0.1) is 0 Å². The molecule has 4 rings (SSSR count). The monoisotopic (exact) mass is 420 g/mol. The van der Waals surface area contributed by atoms with Gasteiger partial charge in [0, 0.05) is 37.0 Å². The Bertz CT molecular complexity index is 924. The van der Waals surface area contributed by atoms with Crippen molar-refractivity contribution < 1.29 is 27.8 Å². The summed E-state index contributed by atoms with van der Waals surface area (Å²) in [6.45, 7) is 3.51. The van der Waals surface area contributed by atoms with Crippen LogP contribution >= 0.6 is 0 Å². The average Bonchev–Trinajstić information content (AvgIpc) is 3.21. The third kappa shape index (κ3) is 4.66. The SMILES string of the molecule is OC(COc1ccccc1-c1cc(C(F)(F)F)cc2c1C=NC2)CN1CCOCC1. The molecule has 1 saturated heterocycles. The van der Waals surface area contributed by atoms with E-state index in [9.17, 15) is 18.3 Å². The lowest BCUT2D eigenvalue weighted by molar-refractivity contribution is -0.137. The zero-order valence-electron chi connectivity index (χ0n) is 16.4. The van der Waals surface area contributed by atoms with Gasteiger partial charge < -0.3 is 14.6 Å². The van der Waals surface area contributed by atoms with Crippen molar-refractivity contribution in [3.8, 4) is 16.9 Å². The largest absolute Gasteiger partial charge is 0.490 e. The topological polar surface area (TPSA) is 54.3 Å². The summed E-state index contributed by atoms with van der Waals surface area (Å²) < 4.78 is 51.4. The lowest BCUT2D eigenvalue weighted by Gasteiger charge is -2.28. The average molecular weight is 420 g/mol. The molecule has 2 aliphatic heterocycles. The molecule has 8 heteroatoms. The second kappa shape index (κ2) is 8.75. The fourth-order valence-electron chi connectivity index (χ4n) is 3.75. The lowest BCUT2D eigenvalue weighted by Crippen LogP contribution is -2.42. The minimum atomic E-state index is -4.45. The quantitative estimate of drug-likeness (QED) is 0.779. The molecule has 0 aliphatic carbocycles. The van der Waals surface area contributed by atoms with Crippen molar-refractivity contribution in [3.63, 3.8) is 0 Å². The van der Waals surface area contributed by atoms with E-state index in [0.717, 1.165) is 25.2 Å². The third-order valence-electron chi connectivity index (χ3n) is 5.26. The molecule has 1 N–H and O–H groups in total. The van der Waals surface area contributed by atoms with E-state index in [4.69, 9.17) is 9.47 Å². The molecule has 2 heterocycles. The third-order valence-corrected chi connectivity index (χ3v) is 5.26. The summed E-state index contributed by atoms with van der Waals surface area (Å²) in [4.78, 5) is 6.24. The number of morpholine rings is 1. The normalized spacial score (nSPS) is 17.7. The zero-order chi connectivity index (χ0) is 21.1. The van der Waals surface area contributed by atoms with Gasteiger partial charge in [-0.2, -0.15) is 13.2 Å². The number of ether oxygens (including phenoxy) is 2. The van der Waals surface area contributed by atoms with E-state index in [1.54, 1.807) is 30.5 Å². The second-order valence-electron chi connectivity index (χ2n) is 7.44. The molecule has 5 nitrogen and oxygen atoms in total. The highest BCUT2D eigenvalue weighted by molar-refractivity contribution is 5.95. The number of benzene rings is 2. The molecular formula is C22H23F3N2O3. The Labute approximate surface area is 172 Å². The van der Waals surface area contributed by atoms with Crippen LogP contribution in [0.15, 0.2) is 41.4 Å². The van der Waals surface area contributed by atoms with Gasteiger partial charge in [-0.3, -0.25) is 9.89 Å². The van der Waals surface area contributed by atoms with Crippen molar-refractivity contribution in [1.82, 2.24) is 4.90 Å². The van der Waals surface area contributed by atoms with Crippen molar-refractivity contribution >= 4 is 6.21 Å². The summed E-state index contributed by atoms with van der Waals surface area (Å²) in [6, 6.07) is 9.24. The maximum absolute atomic E-state index is 13.4. The minimum Gasteiger partial charge on any atom is -0.490 e. The van der Waals surface area contributed by atoms with Gasteiger partial charge in [-0.25, -0.2) is 0 Å². The zero-order valence-corrected chi connectivity index (χ0v) is 16.4. The molecule has 0 bridgehead atoms. The highest BCUT2D eigenvalue weighted by Crippen LogP contribution is 2.39. The first-order valence-corrected chi connectivity index (χ1v) is 9.86. The van der Waals surface area contributed by atoms with Crippen LogP contribution in [-0.4, -0.2) is 61.8 Å². The number of hydrogen-bond acceptors (Lipinski definition) is 5. The molecule has 2 aromatic rings. The molecule has 30 heavy (non-hydrogen) atoms. The van der Waals surface area contributed by atoms with Crippen molar-refractivity contribution in [2.45, 2.75) is 18.8 Å². The molecule has 0 amide bonds. The van der Waals surface area contributed by atoms with E-state index in [0.29, 0.717) is 47.8 Å². The molecule has 0 spiro atoms. The summed E-state index contributed by atoms with van der Waals surface area (Å²) in [5, 5.41) is 10.4. The van der Waals surface area contributed by atoms with Crippen LogP contribution in [0.1, 0.15) is 16.7 Å². The molecule has 1 fully saturated rings. The number of β-amino-alcohol motifs (C(OH)–C–C–N with tert-alkyl or cyclic N) is 1. The van der Waals surface area contributed by atoms with E-state index in [-0.39, 0.29) is 13.2 Å². The van der Waals surface area contributed by atoms with Gasteiger partial charge in [0.05, 0.1) is 25.3 Å². The molecule has 2 aliphatic rings. The van der Waals surface area contributed by atoms with Crippen LogP contribution in [0.4, 0.5) is 13.2 Å². The number of aliphatic hydroxyl groups is 1. The van der Waals surface area contributed by atoms with Gasteiger partial charge in [0.1, 0.15) is 18.5 Å². The van der Waals surface area contributed by atoms with E-state index in [1.807, 2.05) is 0 Å². The van der Waals surface area contributed by atoms with Crippen molar-refractivity contribution in [3.05, 3.63) is 53.1 Å². The number of halogens is 3. The van der Waals surface area contributed by atoms with E-state index in [1.165, 1.54) is 0 Å². The maximum Gasteiger partial charge on any atom is 0.416 e. The van der Waals surface area contributed by atoms with Gasteiger partial charge in [0.25, 0.3) is 0 Å². The van der Waals surface area contributed by atoms with E-state index >= 15 is 0 Å². The summed E-state index contributed by atoms with van der Waals surface area (Å²) >= 11 is 0. The standard InChI is InChI=1S/C22H23F3N2O3/c23-22(24,25)16-9-15-11-26-12-20(15)19(10-16)18-3-1-2-4-21(18)30-14-17(28)13-27-5-7-29-8-6-27/h1-4,9-10,12,17,28H,5-8,11,13-14H2. The first-order chi connectivity index (χ1) is 14.4. The van der Waals surface area contributed by atoms with Crippen molar-refractivity contribution in [2.24, 2.45) is 4.99 Å². The summed E-state index contributed by atoms with van der Waals surface area (Å²) in [6.07, 6.45) is -3.56. The predicted octanol–water partition coefficient (Wildman–Crippen LogP) is 3.38. The van der Waals surface area contributed by atoms with Gasteiger partial charge in [-0.1, -0.05) is 18.2 Å². The fourth-order valence-corrected chi connectivity index (χ4v) is 3.75. The fraction of sp³-hybridized carbons (Fsp3) is 0.409. The molecule has 160 valence electrons. The molecule has 2 aromatic carbocycles. The van der Waals surface area contributed by atoms with Crippen LogP contribution in [0.25, 0.3) is 11.1 Å². The Morgan fingerprint density at radius 1 is 1.13 bits per heavy atom. The predicted molar refractivity (Wildman–Crippen MR) is 107 cm³/mol. The number of rotatable bonds is 6. The Hall–Kier alpha value is -2.42. The maximum atomic E-state index is 13.4. The molecule has 0 radical (unpaired) electrons. The number of aliphatic imine (C=N–C) groups is 1. The summed E-state index contributed by atoms with van der Waals surface area (Å²) in [5.41, 5.74) is 1.49. The van der Waals surface area contributed by atoms with E-state index < -0.39 is 17.8 Å².